The number of alkyl halides is 1. The molecule has 0 aromatic heterocycles. The zero-order chi connectivity index (χ0) is 10.4. The second-order valence-electron chi connectivity index (χ2n) is 3.15. The molecule has 1 unspecified atom stereocenters. The van der Waals surface area contributed by atoms with Gasteiger partial charge in [0.25, 0.3) is 0 Å². The summed E-state index contributed by atoms with van der Waals surface area (Å²) in [6, 6.07) is 6.35. The van der Waals surface area contributed by atoms with Crippen LogP contribution in [0.3, 0.4) is 0 Å². The van der Waals surface area contributed by atoms with Gasteiger partial charge in [0.1, 0.15) is 12.4 Å². The normalized spacial score (nSPS) is 12.7. The Kier molecular flexibility index (Phi) is 4.35. The van der Waals surface area contributed by atoms with E-state index in [1.807, 2.05) is 11.5 Å². The molecule has 3 N–H and O–H groups in total. The van der Waals surface area contributed by atoms with Crippen molar-refractivity contribution in [1.82, 2.24) is 5.48 Å². The molecule has 0 radical (unpaired) electrons. The third kappa shape index (κ3) is 2.97. The Morgan fingerprint density at radius 3 is 2.64 bits per heavy atom. The molecule has 1 rings (SSSR count). The van der Waals surface area contributed by atoms with Crippen LogP contribution in [0.4, 0.5) is 4.39 Å². The van der Waals surface area contributed by atoms with Gasteiger partial charge in [-0.1, -0.05) is 18.2 Å². The van der Waals surface area contributed by atoms with Gasteiger partial charge in [0.2, 0.25) is 0 Å². The van der Waals surface area contributed by atoms with E-state index in [0.717, 1.165) is 5.56 Å². The molecule has 3 nitrogen and oxygen atoms in total. The molecule has 78 valence electrons. The number of aromatic hydroxyl groups is 1. The van der Waals surface area contributed by atoms with Gasteiger partial charge in [-0.15, -0.1) is 0 Å². The molecule has 0 saturated carbocycles. The molecule has 0 aliphatic rings. The summed E-state index contributed by atoms with van der Waals surface area (Å²) in [6.45, 7) is -0.621. The number of nitrogens with one attached hydrogen (secondary N) is 1. The maximum atomic E-state index is 12.2. The van der Waals surface area contributed by atoms with Crippen molar-refractivity contribution in [3.05, 3.63) is 29.8 Å². The van der Waals surface area contributed by atoms with Crippen LogP contribution in [0.2, 0.25) is 0 Å². The predicted molar refractivity (Wildman–Crippen MR) is 51.1 cm³/mol. The van der Waals surface area contributed by atoms with Gasteiger partial charge in [-0.3, -0.25) is 0 Å². The minimum Gasteiger partial charge on any atom is -0.508 e. The first-order valence-corrected chi connectivity index (χ1v) is 4.50. The molecular weight excluding hydrogens is 185 g/mol. The lowest BCUT2D eigenvalue weighted by atomic mass is 10.1. The summed E-state index contributed by atoms with van der Waals surface area (Å²) < 4.78 is 12.2. The van der Waals surface area contributed by atoms with Crippen LogP contribution in [0.15, 0.2) is 24.3 Å². The Balaban J connectivity index is 2.49. The summed E-state index contributed by atoms with van der Waals surface area (Å²) >= 11 is 0. The van der Waals surface area contributed by atoms with Gasteiger partial charge in [-0.2, -0.15) is 5.48 Å². The highest BCUT2D eigenvalue weighted by atomic mass is 19.1. The summed E-state index contributed by atoms with van der Waals surface area (Å²) in [6.07, 6.45) is 0.986. The van der Waals surface area contributed by atoms with E-state index in [0.29, 0.717) is 12.8 Å². The fraction of sp³-hybridized carbons (Fsp3) is 0.400. The van der Waals surface area contributed by atoms with Crippen LogP contribution in [0.25, 0.3) is 0 Å². The average molecular weight is 199 g/mol. The Morgan fingerprint density at radius 1 is 1.36 bits per heavy atom. The molecular formula is C10H14FNO2. The average Bonchev–Trinajstić information content (AvgIpc) is 2.22. The van der Waals surface area contributed by atoms with Crippen LogP contribution in [0.5, 0.6) is 5.75 Å². The maximum Gasteiger partial charge on any atom is 0.118 e. The van der Waals surface area contributed by atoms with E-state index in [2.05, 4.69) is 0 Å². The van der Waals surface area contributed by atoms with E-state index >= 15 is 0 Å². The number of aryl methyl sites for hydroxylation is 1. The Hall–Kier alpha value is -1.13. The van der Waals surface area contributed by atoms with Crippen LogP contribution in [-0.2, 0) is 6.42 Å². The zero-order valence-electron chi connectivity index (χ0n) is 7.78. The SMILES string of the molecule is ONC(CF)CCc1ccccc1O. The largest absolute Gasteiger partial charge is 0.508 e. The molecule has 0 aliphatic carbocycles. The predicted octanol–water partition coefficient (Wildman–Crippen LogP) is 1.64. The number of benzene rings is 1. The lowest BCUT2D eigenvalue weighted by Gasteiger charge is -2.10. The van der Waals surface area contributed by atoms with Crippen LogP contribution in [0, 0.1) is 0 Å². The van der Waals surface area contributed by atoms with Crippen molar-refractivity contribution in [2.24, 2.45) is 0 Å². The third-order valence-electron chi connectivity index (χ3n) is 2.12. The van der Waals surface area contributed by atoms with Crippen molar-refractivity contribution in [2.75, 3.05) is 6.67 Å². The monoisotopic (exact) mass is 199 g/mol. The highest BCUT2D eigenvalue weighted by Gasteiger charge is 2.07. The van der Waals surface area contributed by atoms with E-state index < -0.39 is 12.7 Å². The first-order chi connectivity index (χ1) is 6.77. The standard InChI is InChI=1S/C10H14FNO2/c11-7-9(12-14)6-5-8-3-1-2-4-10(8)13/h1-4,9,12-14H,5-7H2. The first kappa shape index (κ1) is 10.9. The topological polar surface area (TPSA) is 52.5 Å². The fourth-order valence-corrected chi connectivity index (χ4v) is 1.23. The highest BCUT2D eigenvalue weighted by molar-refractivity contribution is 5.31. The Labute approximate surface area is 82.1 Å². The fourth-order valence-electron chi connectivity index (χ4n) is 1.23. The molecule has 0 fully saturated rings. The maximum absolute atomic E-state index is 12.2. The molecule has 1 aromatic carbocycles. The van der Waals surface area contributed by atoms with Gasteiger partial charge in [0, 0.05) is 0 Å². The van der Waals surface area contributed by atoms with Gasteiger partial charge < -0.3 is 10.3 Å². The molecule has 0 amide bonds. The van der Waals surface area contributed by atoms with Crippen molar-refractivity contribution in [3.8, 4) is 5.75 Å². The lowest BCUT2D eigenvalue weighted by Crippen LogP contribution is -2.28. The number of phenolic OH excluding ortho intramolecular Hbond substituents is 1. The van der Waals surface area contributed by atoms with Crippen molar-refractivity contribution in [3.63, 3.8) is 0 Å². The number of rotatable bonds is 5. The van der Waals surface area contributed by atoms with E-state index in [1.165, 1.54) is 0 Å². The van der Waals surface area contributed by atoms with Gasteiger partial charge >= 0.3 is 0 Å². The molecule has 0 aliphatic heterocycles. The summed E-state index contributed by atoms with van der Waals surface area (Å²) in [5, 5.41) is 17.9. The molecule has 14 heavy (non-hydrogen) atoms. The van der Waals surface area contributed by atoms with Crippen LogP contribution in [-0.4, -0.2) is 23.0 Å². The minimum atomic E-state index is -0.621. The van der Waals surface area contributed by atoms with Gasteiger partial charge in [0.05, 0.1) is 6.04 Å². The Morgan fingerprint density at radius 2 is 2.07 bits per heavy atom. The molecule has 4 heteroatoms. The van der Waals surface area contributed by atoms with Crippen LogP contribution in [0.1, 0.15) is 12.0 Å². The van der Waals surface area contributed by atoms with Gasteiger partial charge in [-0.05, 0) is 24.5 Å². The second kappa shape index (κ2) is 5.57. The quantitative estimate of drug-likeness (QED) is 0.632. The lowest BCUT2D eigenvalue weighted by molar-refractivity contribution is 0.108. The molecule has 0 saturated heterocycles. The second-order valence-corrected chi connectivity index (χ2v) is 3.15. The number of para-hydroxylation sites is 1. The summed E-state index contributed by atoms with van der Waals surface area (Å²) in [4.78, 5) is 0. The third-order valence-corrected chi connectivity index (χ3v) is 2.12. The van der Waals surface area contributed by atoms with E-state index in [-0.39, 0.29) is 5.75 Å². The molecule has 0 bridgehead atoms. The summed E-state index contributed by atoms with van der Waals surface area (Å²) in [5.41, 5.74) is 2.65. The number of halogens is 1. The zero-order valence-corrected chi connectivity index (χ0v) is 7.78. The highest BCUT2D eigenvalue weighted by Crippen LogP contribution is 2.17. The van der Waals surface area contributed by atoms with Crippen molar-refractivity contribution >= 4 is 0 Å². The van der Waals surface area contributed by atoms with Gasteiger partial charge in [0.15, 0.2) is 0 Å². The van der Waals surface area contributed by atoms with E-state index in [4.69, 9.17) is 5.21 Å². The van der Waals surface area contributed by atoms with Crippen LogP contribution < -0.4 is 5.48 Å². The number of phenols is 1. The van der Waals surface area contributed by atoms with E-state index in [1.54, 1.807) is 18.2 Å². The van der Waals surface area contributed by atoms with Crippen molar-refractivity contribution < 1.29 is 14.7 Å². The minimum absolute atomic E-state index is 0.211. The van der Waals surface area contributed by atoms with E-state index in [9.17, 15) is 9.50 Å². The summed E-state index contributed by atoms with van der Waals surface area (Å²) in [5.74, 6) is 0.211. The molecule has 0 heterocycles. The molecule has 0 spiro atoms. The van der Waals surface area contributed by atoms with Crippen molar-refractivity contribution in [2.45, 2.75) is 18.9 Å². The van der Waals surface area contributed by atoms with Gasteiger partial charge in [-0.25, -0.2) is 4.39 Å². The van der Waals surface area contributed by atoms with Crippen LogP contribution >= 0.6 is 0 Å². The Bertz CT molecular complexity index is 277. The molecule has 1 aromatic rings. The first-order valence-electron chi connectivity index (χ1n) is 4.50. The number of hydrogen-bond donors (Lipinski definition) is 3. The number of hydroxylamine groups is 1. The van der Waals surface area contributed by atoms with Crippen molar-refractivity contribution in [1.29, 1.82) is 0 Å². The smallest absolute Gasteiger partial charge is 0.118 e. The summed E-state index contributed by atoms with van der Waals surface area (Å²) in [7, 11) is 0. The molecule has 1 atom stereocenters. The number of hydrogen-bond acceptors (Lipinski definition) is 3.